The molecule has 0 saturated heterocycles. The smallest absolute Gasteiger partial charge is 0.426 e. The van der Waals surface area contributed by atoms with E-state index < -0.39 is 85.6 Å². The van der Waals surface area contributed by atoms with E-state index in [1.165, 1.54) is 0 Å². The van der Waals surface area contributed by atoms with Crippen molar-refractivity contribution in [1.82, 2.24) is 0 Å². The summed E-state index contributed by atoms with van der Waals surface area (Å²) in [7, 11) is 0. The lowest BCUT2D eigenvalue weighted by Gasteiger charge is -2.48. The third-order valence-corrected chi connectivity index (χ3v) is 5.36. The van der Waals surface area contributed by atoms with Crippen LogP contribution in [0, 0.1) is 11.8 Å². The lowest BCUT2D eigenvalue weighted by molar-refractivity contribution is -0.370. The molecule has 0 bridgehead atoms. The summed E-state index contributed by atoms with van der Waals surface area (Å²) in [5.74, 6) is -16.1. The lowest BCUT2D eigenvalue weighted by Crippen LogP contribution is -2.66. The van der Waals surface area contributed by atoms with Crippen LogP contribution in [0.3, 0.4) is 0 Å². The fourth-order valence-electron chi connectivity index (χ4n) is 3.23. The highest BCUT2D eigenvalue weighted by Gasteiger charge is 2.76. The first-order valence-electron chi connectivity index (χ1n) is 8.65. The molecular weight excluding hydrogens is 449 g/mol. The zero-order valence-corrected chi connectivity index (χ0v) is 15.6. The van der Waals surface area contributed by atoms with E-state index in [-0.39, 0.29) is 6.92 Å². The number of hydrogen-bond donors (Lipinski definition) is 1. The molecule has 0 amide bonds. The van der Waals surface area contributed by atoms with Gasteiger partial charge in [-0.2, -0.15) is 26.3 Å². The average molecular weight is 468 g/mol. The fourth-order valence-corrected chi connectivity index (χ4v) is 3.23. The van der Waals surface area contributed by atoms with Crippen molar-refractivity contribution in [3.63, 3.8) is 0 Å². The molecule has 1 aliphatic carbocycles. The topological polar surface area (TPSA) is 46.5 Å². The molecule has 3 unspecified atom stereocenters. The van der Waals surface area contributed by atoms with Gasteiger partial charge in [0.25, 0.3) is 17.4 Å². The number of carbonyl (C=O) groups is 1. The Balaban J connectivity index is 2.89. The molecule has 0 radical (unpaired) electrons. The van der Waals surface area contributed by atoms with E-state index in [4.69, 9.17) is 5.11 Å². The van der Waals surface area contributed by atoms with Crippen molar-refractivity contribution in [2.45, 2.75) is 75.0 Å². The summed E-state index contributed by atoms with van der Waals surface area (Å²) in [5, 5.41) is 8.93. The molecule has 1 rings (SSSR count). The van der Waals surface area contributed by atoms with E-state index in [0.29, 0.717) is 0 Å². The minimum Gasteiger partial charge on any atom is -0.465 e. The van der Waals surface area contributed by atoms with Gasteiger partial charge in [0.15, 0.2) is 0 Å². The zero-order valence-electron chi connectivity index (χ0n) is 15.6. The quantitative estimate of drug-likeness (QED) is 0.331. The molecule has 0 spiro atoms. The van der Waals surface area contributed by atoms with Crippen LogP contribution < -0.4 is 0 Å². The van der Waals surface area contributed by atoms with E-state index >= 15 is 0 Å². The average Bonchev–Trinajstić information content (AvgIpc) is 2.55. The molecule has 3 nitrogen and oxygen atoms in total. The van der Waals surface area contributed by atoms with Gasteiger partial charge in [-0.15, -0.1) is 0 Å². The van der Waals surface area contributed by atoms with Crippen molar-refractivity contribution < 1.29 is 62.9 Å². The standard InChI is InChI=1S/C16H19F11O3/c1-3-8-7-9(14(20,21)11(2,17)13(8,18)19)10(28)30-6-4-5-12(29,15(22,23)24)16(25,26)27/h8-9,29H,3-7H2,1-2H3. The van der Waals surface area contributed by atoms with E-state index in [2.05, 4.69) is 4.74 Å². The van der Waals surface area contributed by atoms with Crippen molar-refractivity contribution in [2.24, 2.45) is 11.8 Å². The number of carbonyl (C=O) groups excluding carboxylic acids is 1. The van der Waals surface area contributed by atoms with Crippen LogP contribution in [0.1, 0.15) is 39.5 Å². The third kappa shape index (κ3) is 4.20. The molecule has 1 aliphatic rings. The largest absolute Gasteiger partial charge is 0.465 e. The van der Waals surface area contributed by atoms with Gasteiger partial charge in [0.1, 0.15) is 5.92 Å². The molecule has 0 aliphatic heterocycles. The number of halogens is 11. The summed E-state index contributed by atoms with van der Waals surface area (Å²) < 4.78 is 150. The summed E-state index contributed by atoms with van der Waals surface area (Å²) in [6.07, 6.45) is -17.2. The third-order valence-electron chi connectivity index (χ3n) is 5.36. The minimum atomic E-state index is -6.12. The molecule has 14 heteroatoms. The molecular formula is C16H19F11O3. The number of aliphatic hydroxyl groups is 1. The summed E-state index contributed by atoms with van der Waals surface area (Å²) in [5.41, 5.74) is -9.58. The van der Waals surface area contributed by atoms with Gasteiger partial charge in [-0.1, -0.05) is 6.92 Å². The van der Waals surface area contributed by atoms with Crippen LogP contribution in [0.2, 0.25) is 0 Å². The van der Waals surface area contributed by atoms with Gasteiger partial charge in [0.05, 0.1) is 6.61 Å². The second-order valence-corrected chi connectivity index (χ2v) is 7.27. The summed E-state index contributed by atoms with van der Waals surface area (Å²) in [4.78, 5) is 11.9. The van der Waals surface area contributed by atoms with Crippen LogP contribution in [0.25, 0.3) is 0 Å². The second-order valence-electron chi connectivity index (χ2n) is 7.27. The summed E-state index contributed by atoms with van der Waals surface area (Å²) >= 11 is 0. The molecule has 0 aromatic rings. The maximum atomic E-state index is 14.3. The van der Waals surface area contributed by atoms with Gasteiger partial charge in [0.2, 0.25) is 5.67 Å². The predicted molar refractivity (Wildman–Crippen MR) is 78.5 cm³/mol. The predicted octanol–water partition coefficient (Wildman–Crippen LogP) is 5.21. The molecule has 30 heavy (non-hydrogen) atoms. The van der Waals surface area contributed by atoms with E-state index in [1.807, 2.05) is 0 Å². The van der Waals surface area contributed by atoms with Gasteiger partial charge in [-0.25, -0.2) is 22.0 Å². The Morgan fingerprint density at radius 1 is 1.00 bits per heavy atom. The first kappa shape index (κ1) is 26.7. The SMILES string of the molecule is CCC1CC(C(=O)OCCCC(O)(C(F)(F)F)C(F)(F)F)C(F)(F)C(C)(F)C1(F)F. The molecule has 0 aromatic carbocycles. The Bertz CT molecular complexity index is 611. The van der Waals surface area contributed by atoms with Crippen LogP contribution in [-0.2, 0) is 9.53 Å². The number of rotatable bonds is 6. The van der Waals surface area contributed by atoms with E-state index in [0.717, 1.165) is 6.92 Å². The normalized spacial score (nSPS) is 29.5. The Labute approximate surface area is 163 Å². The van der Waals surface area contributed by atoms with Crippen LogP contribution in [0.15, 0.2) is 0 Å². The molecule has 1 fully saturated rings. The maximum Gasteiger partial charge on any atom is 0.426 e. The van der Waals surface area contributed by atoms with Crippen molar-refractivity contribution >= 4 is 5.97 Å². The van der Waals surface area contributed by atoms with Gasteiger partial charge in [-0.05, 0) is 32.6 Å². The lowest BCUT2D eigenvalue weighted by atomic mass is 9.67. The Morgan fingerprint density at radius 3 is 1.87 bits per heavy atom. The van der Waals surface area contributed by atoms with Crippen molar-refractivity contribution in [1.29, 1.82) is 0 Å². The Hall–Kier alpha value is -1.34. The highest BCUT2D eigenvalue weighted by atomic mass is 19.4. The van der Waals surface area contributed by atoms with Gasteiger partial charge >= 0.3 is 18.3 Å². The first-order chi connectivity index (χ1) is 13.2. The van der Waals surface area contributed by atoms with Gasteiger partial charge in [-0.3, -0.25) is 4.79 Å². The minimum absolute atomic E-state index is 0.0954. The molecule has 1 saturated carbocycles. The molecule has 1 N–H and O–H groups in total. The van der Waals surface area contributed by atoms with Gasteiger partial charge < -0.3 is 9.84 Å². The molecule has 0 heterocycles. The van der Waals surface area contributed by atoms with E-state index in [1.54, 1.807) is 0 Å². The fraction of sp³-hybridized carbons (Fsp3) is 0.938. The first-order valence-corrected chi connectivity index (χ1v) is 8.65. The number of alkyl halides is 11. The van der Waals surface area contributed by atoms with Crippen LogP contribution in [-0.4, -0.2) is 53.2 Å². The molecule has 0 aromatic heterocycles. The zero-order chi connectivity index (χ0) is 24.0. The highest BCUT2D eigenvalue weighted by molar-refractivity contribution is 5.74. The molecule has 178 valence electrons. The Morgan fingerprint density at radius 2 is 1.47 bits per heavy atom. The number of esters is 1. The second kappa shape index (κ2) is 7.97. The van der Waals surface area contributed by atoms with Crippen LogP contribution >= 0.6 is 0 Å². The number of ether oxygens (including phenoxy) is 1. The van der Waals surface area contributed by atoms with Crippen molar-refractivity contribution in [3.05, 3.63) is 0 Å². The van der Waals surface area contributed by atoms with Crippen molar-refractivity contribution in [3.8, 4) is 0 Å². The number of hydrogen-bond acceptors (Lipinski definition) is 3. The van der Waals surface area contributed by atoms with Crippen molar-refractivity contribution in [2.75, 3.05) is 6.61 Å². The Kier molecular flexibility index (Phi) is 7.09. The monoisotopic (exact) mass is 468 g/mol. The highest BCUT2D eigenvalue weighted by Crippen LogP contribution is 2.58. The maximum absolute atomic E-state index is 14.3. The van der Waals surface area contributed by atoms with Crippen LogP contribution in [0.5, 0.6) is 0 Å². The van der Waals surface area contributed by atoms with Crippen LogP contribution in [0.4, 0.5) is 48.3 Å². The summed E-state index contributed by atoms with van der Waals surface area (Å²) in [6, 6.07) is 0. The summed E-state index contributed by atoms with van der Waals surface area (Å²) in [6.45, 7) is -0.229. The molecule has 3 atom stereocenters. The van der Waals surface area contributed by atoms with Gasteiger partial charge in [0, 0.05) is 5.92 Å². The van der Waals surface area contributed by atoms with E-state index in [9.17, 15) is 53.1 Å².